The van der Waals surface area contributed by atoms with Gasteiger partial charge in [-0.2, -0.15) is 0 Å². The first-order valence-corrected chi connectivity index (χ1v) is 12.8. The van der Waals surface area contributed by atoms with Gasteiger partial charge in [0.25, 0.3) is 5.91 Å². The fourth-order valence-corrected chi connectivity index (χ4v) is 5.16. The average molecular weight is 451 g/mol. The minimum atomic E-state index is -3.76. The summed E-state index contributed by atoms with van der Waals surface area (Å²) in [6, 6.07) is 10.7. The van der Waals surface area contributed by atoms with Crippen LogP contribution in [0.25, 0.3) is 0 Å². The van der Waals surface area contributed by atoms with Gasteiger partial charge in [-0.25, -0.2) is 17.5 Å². The maximum absolute atomic E-state index is 13.1. The Hall–Kier alpha value is -1.90. The summed E-state index contributed by atoms with van der Waals surface area (Å²) >= 11 is 1.44. The van der Waals surface area contributed by atoms with E-state index >= 15 is 0 Å². The Morgan fingerprint density at radius 3 is 2.37 bits per heavy atom. The van der Waals surface area contributed by atoms with E-state index in [0.29, 0.717) is 25.1 Å². The van der Waals surface area contributed by atoms with Crippen molar-refractivity contribution >= 4 is 27.7 Å². The summed E-state index contributed by atoms with van der Waals surface area (Å²) in [7, 11) is -3.76. The first kappa shape index (κ1) is 22.8. The summed E-state index contributed by atoms with van der Waals surface area (Å²) in [6.07, 6.45) is 6.51. The number of hydrogen-bond donors (Lipinski definition) is 1. The van der Waals surface area contributed by atoms with Crippen molar-refractivity contribution in [3.05, 3.63) is 59.4 Å². The van der Waals surface area contributed by atoms with Crippen LogP contribution >= 0.6 is 11.8 Å². The molecule has 0 unspecified atom stereocenters. The number of nitrogens with zero attached hydrogens (tertiary/aromatic N) is 1. The molecule has 162 valence electrons. The highest BCUT2D eigenvalue weighted by atomic mass is 32.2. The van der Waals surface area contributed by atoms with Crippen molar-refractivity contribution < 1.29 is 17.6 Å². The predicted octanol–water partition coefficient (Wildman–Crippen LogP) is 4.08. The molecule has 1 heterocycles. The van der Waals surface area contributed by atoms with Gasteiger partial charge in [0, 0.05) is 24.5 Å². The molecule has 3 rings (SSSR count). The highest BCUT2D eigenvalue weighted by molar-refractivity contribution is 7.98. The standard InChI is InChI=1S/C22H27FN2O3S2/c1-29-21-11-10-19(16-20(21)22(26)25-14-4-2-3-5-15-25)30(27,28)24-13-12-17-6-8-18(23)9-7-17/h6-11,16,24H,2-5,12-15H2,1H3. The zero-order chi connectivity index (χ0) is 21.6. The maximum Gasteiger partial charge on any atom is 0.255 e. The Balaban J connectivity index is 1.74. The number of sulfonamides is 1. The minimum absolute atomic E-state index is 0.0811. The lowest BCUT2D eigenvalue weighted by Gasteiger charge is -2.22. The molecule has 2 aromatic rings. The van der Waals surface area contributed by atoms with Gasteiger partial charge < -0.3 is 4.90 Å². The molecule has 5 nitrogen and oxygen atoms in total. The molecule has 30 heavy (non-hydrogen) atoms. The van der Waals surface area contributed by atoms with Gasteiger partial charge in [0.2, 0.25) is 10.0 Å². The minimum Gasteiger partial charge on any atom is -0.339 e. The van der Waals surface area contributed by atoms with E-state index in [2.05, 4.69) is 4.72 Å². The van der Waals surface area contributed by atoms with Gasteiger partial charge in [-0.1, -0.05) is 25.0 Å². The number of rotatable bonds is 7. The summed E-state index contributed by atoms with van der Waals surface area (Å²) in [5.41, 5.74) is 1.28. The highest BCUT2D eigenvalue weighted by Crippen LogP contribution is 2.26. The predicted molar refractivity (Wildman–Crippen MR) is 118 cm³/mol. The molecule has 0 bridgehead atoms. The fourth-order valence-electron chi connectivity index (χ4n) is 3.53. The SMILES string of the molecule is CSc1ccc(S(=O)(=O)NCCc2ccc(F)cc2)cc1C(=O)N1CCCCCC1. The van der Waals surface area contributed by atoms with Gasteiger partial charge in [0.15, 0.2) is 0 Å². The smallest absolute Gasteiger partial charge is 0.255 e. The van der Waals surface area contributed by atoms with E-state index in [-0.39, 0.29) is 23.2 Å². The van der Waals surface area contributed by atoms with Crippen LogP contribution < -0.4 is 4.72 Å². The third-order valence-electron chi connectivity index (χ3n) is 5.22. The number of hydrogen-bond acceptors (Lipinski definition) is 4. The number of amides is 1. The van der Waals surface area contributed by atoms with Crippen LogP contribution in [0.3, 0.4) is 0 Å². The molecule has 0 radical (unpaired) electrons. The molecule has 1 N–H and O–H groups in total. The van der Waals surface area contributed by atoms with Crippen molar-refractivity contribution in [3.63, 3.8) is 0 Å². The molecular weight excluding hydrogens is 423 g/mol. The molecule has 0 aromatic heterocycles. The van der Waals surface area contributed by atoms with E-state index in [1.165, 1.54) is 36.0 Å². The van der Waals surface area contributed by atoms with Crippen LogP contribution in [-0.4, -0.2) is 45.1 Å². The third-order valence-corrected chi connectivity index (χ3v) is 7.48. The molecule has 2 aromatic carbocycles. The molecule has 1 fully saturated rings. The molecule has 1 saturated heterocycles. The van der Waals surface area contributed by atoms with Crippen LogP contribution in [0, 0.1) is 5.82 Å². The lowest BCUT2D eigenvalue weighted by atomic mass is 10.1. The lowest BCUT2D eigenvalue weighted by molar-refractivity contribution is 0.0758. The summed E-state index contributed by atoms with van der Waals surface area (Å²) in [5, 5.41) is 0. The molecule has 0 aliphatic carbocycles. The van der Waals surface area contributed by atoms with Crippen LogP contribution in [0.15, 0.2) is 52.3 Å². The Morgan fingerprint density at radius 2 is 1.73 bits per heavy atom. The first-order chi connectivity index (χ1) is 14.4. The first-order valence-electron chi connectivity index (χ1n) is 10.1. The van der Waals surface area contributed by atoms with Gasteiger partial charge in [-0.05, 0) is 61.4 Å². The van der Waals surface area contributed by atoms with Crippen LogP contribution in [-0.2, 0) is 16.4 Å². The third kappa shape index (κ3) is 5.83. The van der Waals surface area contributed by atoms with Gasteiger partial charge in [-0.15, -0.1) is 11.8 Å². The quantitative estimate of drug-likeness (QED) is 0.646. The summed E-state index contributed by atoms with van der Waals surface area (Å²) in [5.74, 6) is -0.431. The molecule has 0 saturated carbocycles. The van der Waals surface area contributed by atoms with Crippen LogP contribution in [0.1, 0.15) is 41.6 Å². The van der Waals surface area contributed by atoms with E-state index in [0.717, 1.165) is 36.1 Å². The van der Waals surface area contributed by atoms with Crippen molar-refractivity contribution in [3.8, 4) is 0 Å². The van der Waals surface area contributed by atoms with Crippen LogP contribution in [0.2, 0.25) is 0 Å². The number of halogens is 1. The number of thioether (sulfide) groups is 1. The molecule has 1 amide bonds. The van der Waals surface area contributed by atoms with Crippen molar-refractivity contribution in [1.29, 1.82) is 0 Å². The van der Waals surface area contributed by atoms with Crippen molar-refractivity contribution in [2.75, 3.05) is 25.9 Å². The second-order valence-electron chi connectivity index (χ2n) is 7.34. The zero-order valence-electron chi connectivity index (χ0n) is 17.1. The molecule has 1 aliphatic rings. The van der Waals surface area contributed by atoms with E-state index < -0.39 is 10.0 Å². The Morgan fingerprint density at radius 1 is 1.07 bits per heavy atom. The molecular formula is C22H27FN2O3S2. The summed E-state index contributed by atoms with van der Waals surface area (Å²) < 4.78 is 41.1. The normalized spacial score (nSPS) is 15.1. The Kier molecular flexibility index (Phi) is 7.91. The van der Waals surface area contributed by atoms with E-state index in [9.17, 15) is 17.6 Å². The van der Waals surface area contributed by atoms with Crippen molar-refractivity contribution in [1.82, 2.24) is 9.62 Å². The lowest BCUT2D eigenvalue weighted by Crippen LogP contribution is -2.32. The number of likely N-dealkylation sites (tertiary alicyclic amines) is 1. The van der Waals surface area contributed by atoms with Crippen LogP contribution in [0.4, 0.5) is 4.39 Å². The Labute approximate surface area is 182 Å². The number of benzene rings is 2. The molecule has 1 aliphatic heterocycles. The second-order valence-corrected chi connectivity index (χ2v) is 9.96. The van der Waals surface area contributed by atoms with Gasteiger partial charge in [-0.3, -0.25) is 4.79 Å². The number of carbonyl (C=O) groups is 1. The summed E-state index contributed by atoms with van der Waals surface area (Å²) in [6.45, 7) is 1.60. The average Bonchev–Trinajstić information content (AvgIpc) is 3.03. The maximum atomic E-state index is 13.1. The monoisotopic (exact) mass is 450 g/mol. The second kappa shape index (κ2) is 10.4. The van der Waals surface area contributed by atoms with E-state index in [1.807, 2.05) is 11.2 Å². The number of carbonyl (C=O) groups excluding carboxylic acids is 1. The van der Waals surface area contributed by atoms with Gasteiger partial charge in [0.1, 0.15) is 5.82 Å². The number of nitrogens with one attached hydrogen (secondary N) is 1. The molecule has 0 spiro atoms. The van der Waals surface area contributed by atoms with Crippen molar-refractivity contribution in [2.45, 2.75) is 41.9 Å². The van der Waals surface area contributed by atoms with Gasteiger partial charge in [0.05, 0.1) is 10.5 Å². The highest BCUT2D eigenvalue weighted by Gasteiger charge is 2.23. The van der Waals surface area contributed by atoms with Crippen LogP contribution in [0.5, 0.6) is 0 Å². The topological polar surface area (TPSA) is 66.5 Å². The summed E-state index contributed by atoms with van der Waals surface area (Å²) in [4.78, 5) is 15.8. The molecule has 0 atom stereocenters. The fraction of sp³-hybridized carbons (Fsp3) is 0.409. The Bertz CT molecular complexity index is 970. The van der Waals surface area contributed by atoms with E-state index in [1.54, 1.807) is 18.2 Å². The van der Waals surface area contributed by atoms with E-state index in [4.69, 9.17) is 0 Å². The largest absolute Gasteiger partial charge is 0.339 e. The zero-order valence-corrected chi connectivity index (χ0v) is 18.7. The van der Waals surface area contributed by atoms with Crippen molar-refractivity contribution in [2.24, 2.45) is 0 Å². The van der Waals surface area contributed by atoms with Gasteiger partial charge >= 0.3 is 0 Å². The molecule has 8 heteroatoms.